The lowest BCUT2D eigenvalue weighted by Gasteiger charge is -2.28. The van der Waals surface area contributed by atoms with Crippen molar-refractivity contribution in [3.8, 4) is 0 Å². The molecule has 0 N–H and O–H groups in total. The molecule has 0 radical (unpaired) electrons. The normalized spacial score (nSPS) is 30.0. The van der Waals surface area contributed by atoms with E-state index in [1.807, 2.05) is 0 Å². The van der Waals surface area contributed by atoms with E-state index in [0.717, 1.165) is 30.7 Å². The Morgan fingerprint density at radius 3 is 2.88 bits per heavy atom. The zero-order valence-electron chi connectivity index (χ0n) is 15.6. The number of allylic oxidation sites excluding steroid dienone is 12. The summed E-state index contributed by atoms with van der Waals surface area (Å²) in [4.78, 5) is 5.01. The van der Waals surface area contributed by atoms with Gasteiger partial charge in [0.05, 0.1) is 16.8 Å². The van der Waals surface area contributed by atoms with Crippen LogP contribution in [-0.2, 0) is 0 Å². The molecule has 1 fully saturated rings. The minimum Gasteiger partial charge on any atom is -0.252 e. The lowest BCUT2D eigenvalue weighted by atomic mass is 9.75. The molecule has 0 saturated heterocycles. The summed E-state index contributed by atoms with van der Waals surface area (Å²) in [5.41, 5.74) is 7.40. The number of halogens is 1. The zero-order valence-corrected chi connectivity index (χ0v) is 16.4. The van der Waals surface area contributed by atoms with Crippen LogP contribution in [0.5, 0.6) is 0 Å². The predicted octanol–water partition coefficient (Wildman–Crippen LogP) is 6.62. The molecule has 1 saturated carbocycles. The van der Waals surface area contributed by atoms with Crippen molar-refractivity contribution in [1.82, 2.24) is 0 Å². The van der Waals surface area contributed by atoms with Crippen LogP contribution in [0.2, 0.25) is 0 Å². The van der Waals surface area contributed by atoms with Gasteiger partial charge in [-0.3, -0.25) is 4.99 Å². The summed E-state index contributed by atoms with van der Waals surface area (Å²) >= 11 is 6.59. The third kappa shape index (κ3) is 3.03. The molecule has 0 aromatic heterocycles. The molecule has 0 aromatic rings. The van der Waals surface area contributed by atoms with E-state index >= 15 is 0 Å². The minimum atomic E-state index is -0.0941. The van der Waals surface area contributed by atoms with E-state index in [9.17, 15) is 0 Å². The molecule has 134 valence electrons. The van der Waals surface area contributed by atoms with Crippen LogP contribution in [0, 0.1) is 11.3 Å². The largest absolute Gasteiger partial charge is 0.252 e. The second kappa shape index (κ2) is 6.70. The van der Waals surface area contributed by atoms with Gasteiger partial charge in [0.1, 0.15) is 0 Å². The molecule has 1 aliphatic heterocycles. The average Bonchev–Trinajstić information content (AvgIpc) is 2.81. The first-order chi connectivity index (χ1) is 12.5. The molecule has 1 nitrogen and oxygen atoms in total. The highest BCUT2D eigenvalue weighted by molar-refractivity contribution is 6.22. The van der Waals surface area contributed by atoms with E-state index in [1.54, 1.807) is 0 Å². The number of alkyl halides is 1. The van der Waals surface area contributed by atoms with Crippen LogP contribution in [0.25, 0.3) is 0 Å². The van der Waals surface area contributed by atoms with E-state index < -0.39 is 0 Å². The van der Waals surface area contributed by atoms with E-state index in [4.69, 9.17) is 16.6 Å². The van der Waals surface area contributed by atoms with Gasteiger partial charge >= 0.3 is 0 Å². The number of hydrogen-bond acceptors (Lipinski definition) is 1. The minimum absolute atomic E-state index is 0.0539. The second-order valence-electron chi connectivity index (χ2n) is 8.19. The molecule has 26 heavy (non-hydrogen) atoms. The highest BCUT2D eigenvalue weighted by Gasteiger charge is 2.38. The van der Waals surface area contributed by atoms with Gasteiger partial charge in [-0.25, -0.2) is 0 Å². The topological polar surface area (TPSA) is 12.4 Å². The smallest absolute Gasteiger partial charge is 0.0677 e. The molecule has 0 spiro atoms. The SMILES string of the molecule is C=C1CCCC(C=CC2=NC3=C(C4=CC=CC=C(C=C3)C4)C2(C)C)C1Cl. The van der Waals surface area contributed by atoms with Crippen LogP contribution >= 0.6 is 11.6 Å². The molecular formula is C24H26ClN. The first kappa shape index (κ1) is 17.5. The van der Waals surface area contributed by atoms with Crippen molar-refractivity contribution in [2.45, 2.75) is 44.9 Å². The summed E-state index contributed by atoms with van der Waals surface area (Å²) < 4.78 is 0. The van der Waals surface area contributed by atoms with Crippen molar-refractivity contribution in [3.63, 3.8) is 0 Å². The van der Waals surface area contributed by atoms with Gasteiger partial charge in [0.25, 0.3) is 0 Å². The summed E-state index contributed by atoms with van der Waals surface area (Å²) in [6, 6.07) is 0. The Morgan fingerprint density at radius 1 is 1.23 bits per heavy atom. The Labute approximate surface area is 161 Å². The van der Waals surface area contributed by atoms with Gasteiger partial charge in [-0.1, -0.05) is 62.5 Å². The van der Waals surface area contributed by atoms with Crippen LogP contribution in [-0.4, -0.2) is 11.1 Å². The lowest BCUT2D eigenvalue weighted by molar-refractivity contribution is 0.502. The maximum atomic E-state index is 6.59. The molecular weight excluding hydrogens is 338 g/mol. The van der Waals surface area contributed by atoms with E-state index in [2.05, 4.69) is 69.0 Å². The van der Waals surface area contributed by atoms with Crippen molar-refractivity contribution in [1.29, 1.82) is 0 Å². The van der Waals surface area contributed by atoms with Crippen molar-refractivity contribution in [2.75, 3.05) is 0 Å². The fourth-order valence-electron chi connectivity index (χ4n) is 4.43. The van der Waals surface area contributed by atoms with Gasteiger partial charge in [0.15, 0.2) is 0 Å². The van der Waals surface area contributed by atoms with Crippen molar-refractivity contribution in [2.24, 2.45) is 16.3 Å². The Hall–Kier alpha value is -1.86. The third-order valence-electron chi connectivity index (χ3n) is 5.95. The van der Waals surface area contributed by atoms with Gasteiger partial charge in [0, 0.05) is 5.41 Å². The monoisotopic (exact) mass is 363 g/mol. The van der Waals surface area contributed by atoms with E-state index in [-0.39, 0.29) is 10.8 Å². The van der Waals surface area contributed by atoms with Crippen LogP contribution in [0.3, 0.4) is 0 Å². The van der Waals surface area contributed by atoms with Crippen molar-refractivity contribution >= 4 is 17.3 Å². The van der Waals surface area contributed by atoms with Crippen LogP contribution < -0.4 is 0 Å². The second-order valence-corrected chi connectivity index (χ2v) is 8.66. The molecule has 0 aromatic carbocycles. The predicted molar refractivity (Wildman–Crippen MR) is 113 cm³/mol. The number of fused-ring (bicyclic) bond motifs is 3. The molecule has 4 rings (SSSR count). The molecule has 2 unspecified atom stereocenters. The third-order valence-corrected chi connectivity index (χ3v) is 6.59. The fourth-order valence-corrected chi connectivity index (χ4v) is 4.75. The van der Waals surface area contributed by atoms with E-state index in [0.29, 0.717) is 5.92 Å². The number of nitrogens with zero attached hydrogens (tertiary/aromatic N) is 1. The number of rotatable bonds is 2. The molecule has 3 aliphatic carbocycles. The maximum Gasteiger partial charge on any atom is 0.0677 e. The first-order valence-corrected chi connectivity index (χ1v) is 9.99. The van der Waals surface area contributed by atoms with Crippen LogP contribution in [0.4, 0.5) is 0 Å². The average molecular weight is 364 g/mol. The fraction of sp³-hybridized carbons (Fsp3) is 0.375. The highest BCUT2D eigenvalue weighted by atomic mass is 35.5. The Morgan fingerprint density at radius 2 is 2.04 bits per heavy atom. The standard InChI is InChI=1S/C24H26ClN/c1-16-7-6-10-18(23(16)25)12-14-21-24(2,3)22-19-9-5-4-8-17(15-19)11-13-20(22)26-21/h4-5,8-9,11-14,18,23H,1,6-7,10,15H2,2-3H3. The summed E-state index contributed by atoms with van der Waals surface area (Å²) in [6.07, 6.45) is 21.9. The number of aliphatic imine (C=N–C) groups is 1. The van der Waals surface area contributed by atoms with Gasteiger partial charge < -0.3 is 0 Å². The highest BCUT2D eigenvalue weighted by Crippen LogP contribution is 2.46. The molecule has 2 heteroatoms. The Kier molecular flexibility index (Phi) is 4.52. The summed E-state index contributed by atoms with van der Waals surface area (Å²) in [5, 5.41) is 0.0539. The zero-order chi connectivity index (χ0) is 18.3. The number of hydrogen-bond donors (Lipinski definition) is 0. The Bertz CT molecular complexity index is 855. The molecule has 1 heterocycles. The lowest BCUT2D eigenvalue weighted by Crippen LogP contribution is -2.24. The Balaban J connectivity index is 1.64. The van der Waals surface area contributed by atoms with E-state index in [1.165, 1.54) is 28.7 Å². The van der Waals surface area contributed by atoms with Gasteiger partial charge in [0.2, 0.25) is 0 Å². The summed E-state index contributed by atoms with van der Waals surface area (Å²) in [5.74, 6) is 0.363. The molecule has 2 bridgehead atoms. The summed E-state index contributed by atoms with van der Waals surface area (Å²) in [7, 11) is 0. The molecule has 0 amide bonds. The van der Waals surface area contributed by atoms with Gasteiger partial charge in [-0.2, -0.15) is 0 Å². The quantitative estimate of drug-likeness (QED) is 0.386. The van der Waals surface area contributed by atoms with Crippen molar-refractivity contribution < 1.29 is 0 Å². The van der Waals surface area contributed by atoms with Crippen LogP contribution in [0.1, 0.15) is 39.5 Å². The van der Waals surface area contributed by atoms with Crippen molar-refractivity contribution in [3.05, 3.63) is 83.2 Å². The van der Waals surface area contributed by atoms with Gasteiger partial charge in [-0.05, 0) is 60.5 Å². The van der Waals surface area contributed by atoms with Gasteiger partial charge in [-0.15, -0.1) is 11.6 Å². The van der Waals surface area contributed by atoms with Crippen LogP contribution in [0.15, 0.2) is 88.2 Å². The molecule has 4 aliphatic rings. The maximum absolute atomic E-state index is 6.59. The first-order valence-electron chi connectivity index (χ1n) is 9.55. The summed E-state index contributed by atoms with van der Waals surface area (Å²) in [6.45, 7) is 8.71. The molecule has 2 atom stereocenters.